The van der Waals surface area contributed by atoms with Crippen molar-refractivity contribution in [3.05, 3.63) is 36.6 Å². The summed E-state index contributed by atoms with van der Waals surface area (Å²) in [7, 11) is 0. The quantitative estimate of drug-likeness (QED) is 0.644. The summed E-state index contributed by atoms with van der Waals surface area (Å²) in [6, 6.07) is 0. The number of allylic oxidation sites excluding steroid dienone is 1. The van der Waals surface area contributed by atoms with E-state index < -0.39 is 5.97 Å². The maximum Gasteiger partial charge on any atom is 0.330 e. The SMILES string of the molecule is C=C1/C=C/C[C@H](C)OC(=O)/C=C/C[C@H](C)OC(=O)C[C@H](C)O1. The van der Waals surface area contributed by atoms with Crippen molar-refractivity contribution in [3.8, 4) is 0 Å². The normalized spacial score (nSPS) is 31.6. The zero-order chi connectivity index (χ0) is 16.5. The van der Waals surface area contributed by atoms with Crippen molar-refractivity contribution in [2.24, 2.45) is 0 Å². The van der Waals surface area contributed by atoms with E-state index in [1.165, 1.54) is 6.08 Å². The van der Waals surface area contributed by atoms with Gasteiger partial charge in [0.05, 0.1) is 6.42 Å². The third-order valence-electron chi connectivity index (χ3n) is 2.95. The van der Waals surface area contributed by atoms with Crippen LogP contribution in [0.1, 0.15) is 40.0 Å². The highest BCUT2D eigenvalue weighted by Gasteiger charge is 2.15. The van der Waals surface area contributed by atoms with Gasteiger partial charge in [0, 0.05) is 18.9 Å². The van der Waals surface area contributed by atoms with Gasteiger partial charge in [-0.1, -0.05) is 18.7 Å². The summed E-state index contributed by atoms with van der Waals surface area (Å²) < 4.78 is 16.0. The molecule has 0 saturated carbocycles. The first kappa shape index (κ1) is 18.0. The third-order valence-corrected chi connectivity index (χ3v) is 2.95. The van der Waals surface area contributed by atoms with Crippen LogP contribution in [0.3, 0.4) is 0 Å². The van der Waals surface area contributed by atoms with Gasteiger partial charge in [-0.2, -0.15) is 0 Å². The number of hydrogen-bond acceptors (Lipinski definition) is 5. The molecule has 1 aliphatic rings. The molecule has 122 valence electrons. The molecule has 3 atom stereocenters. The van der Waals surface area contributed by atoms with E-state index in [1.54, 1.807) is 26.0 Å². The third kappa shape index (κ3) is 7.67. The van der Waals surface area contributed by atoms with Crippen molar-refractivity contribution in [2.75, 3.05) is 0 Å². The Kier molecular flexibility index (Phi) is 7.43. The second-order valence-corrected chi connectivity index (χ2v) is 5.42. The van der Waals surface area contributed by atoms with Crippen LogP contribution in [0.25, 0.3) is 0 Å². The van der Waals surface area contributed by atoms with Gasteiger partial charge in [0.1, 0.15) is 24.1 Å². The summed E-state index contributed by atoms with van der Waals surface area (Å²) >= 11 is 0. The summed E-state index contributed by atoms with van der Waals surface area (Å²) in [6.07, 6.45) is 6.86. The maximum atomic E-state index is 11.7. The van der Waals surface area contributed by atoms with Crippen LogP contribution >= 0.6 is 0 Å². The Balaban J connectivity index is 2.73. The van der Waals surface area contributed by atoms with E-state index in [4.69, 9.17) is 14.2 Å². The van der Waals surface area contributed by atoms with E-state index in [0.29, 0.717) is 18.6 Å². The minimum atomic E-state index is -0.407. The Hall–Kier alpha value is -2.04. The van der Waals surface area contributed by atoms with Gasteiger partial charge in [-0.15, -0.1) is 0 Å². The number of cyclic esters (lactones) is 2. The number of rotatable bonds is 0. The molecule has 1 heterocycles. The summed E-state index contributed by atoms with van der Waals surface area (Å²) in [6.45, 7) is 9.14. The van der Waals surface area contributed by atoms with Gasteiger partial charge in [0.15, 0.2) is 0 Å². The molecule has 1 rings (SSSR count). The van der Waals surface area contributed by atoms with Gasteiger partial charge in [-0.05, 0) is 26.8 Å². The fraction of sp³-hybridized carbons (Fsp3) is 0.529. The Morgan fingerprint density at radius 2 is 1.50 bits per heavy atom. The lowest BCUT2D eigenvalue weighted by Gasteiger charge is -2.17. The predicted octanol–water partition coefficient (Wildman–Crippen LogP) is 3.06. The van der Waals surface area contributed by atoms with Crippen molar-refractivity contribution in [1.82, 2.24) is 0 Å². The van der Waals surface area contributed by atoms with Gasteiger partial charge in [-0.3, -0.25) is 4.79 Å². The molecule has 0 bridgehead atoms. The first-order valence-corrected chi connectivity index (χ1v) is 7.45. The molecule has 0 aromatic heterocycles. The second kappa shape index (κ2) is 9.07. The molecule has 0 aliphatic carbocycles. The topological polar surface area (TPSA) is 61.8 Å². The number of carbonyl (C=O) groups is 2. The van der Waals surface area contributed by atoms with Crippen LogP contribution in [0, 0.1) is 0 Å². The largest absolute Gasteiger partial charge is 0.491 e. The van der Waals surface area contributed by atoms with Crippen LogP contribution in [0.15, 0.2) is 36.6 Å². The number of hydrogen-bond donors (Lipinski definition) is 0. The number of carbonyl (C=O) groups excluding carboxylic acids is 2. The molecule has 0 aromatic carbocycles. The molecule has 0 radical (unpaired) electrons. The Bertz CT molecular complexity index is 464. The van der Waals surface area contributed by atoms with Gasteiger partial charge in [0.2, 0.25) is 0 Å². The van der Waals surface area contributed by atoms with Crippen molar-refractivity contribution < 1.29 is 23.8 Å². The average molecular weight is 308 g/mol. The van der Waals surface area contributed by atoms with Crippen molar-refractivity contribution in [1.29, 1.82) is 0 Å². The van der Waals surface area contributed by atoms with Crippen molar-refractivity contribution in [3.63, 3.8) is 0 Å². The number of esters is 2. The molecule has 0 amide bonds. The Morgan fingerprint density at radius 1 is 0.909 bits per heavy atom. The zero-order valence-electron chi connectivity index (χ0n) is 13.4. The molecule has 1 aliphatic heterocycles. The van der Waals surface area contributed by atoms with E-state index in [0.717, 1.165) is 0 Å². The smallest absolute Gasteiger partial charge is 0.330 e. The molecule has 0 aromatic rings. The zero-order valence-corrected chi connectivity index (χ0v) is 13.4. The summed E-state index contributed by atoms with van der Waals surface area (Å²) in [4.78, 5) is 23.3. The first-order valence-electron chi connectivity index (χ1n) is 7.45. The van der Waals surface area contributed by atoms with Gasteiger partial charge in [-0.25, -0.2) is 4.79 Å². The molecule has 0 N–H and O–H groups in total. The summed E-state index contributed by atoms with van der Waals surface area (Å²) in [5.41, 5.74) is 0. The minimum Gasteiger partial charge on any atom is -0.491 e. The van der Waals surface area contributed by atoms with Crippen molar-refractivity contribution in [2.45, 2.75) is 58.3 Å². The first-order chi connectivity index (χ1) is 10.4. The highest BCUT2D eigenvalue weighted by molar-refractivity contribution is 5.82. The highest BCUT2D eigenvalue weighted by Crippen LogP contribution is 2.10. The average Bonchev–Trinajstić information content (AvgIpc) is 2.36. The van der Waals surface area contributed by atoms with Gasteiger partial charge < -0.3 is 14.2 Å². The molecule has 0 saturated heterocycles. The molecule has 22 heavy (non-hydrogen) atoms. The van der Waals surface area contributed by atoms with E-state index in [-0.39, 0.29) is 30.7 Å². The van der Waals surface area contributed by atoms with Crippen LogP contribution in [0.5, 0.6) is 0 Å². The summed E-state index contributed by atoms with van der Waals surface area (Å²) in [5, 5.41) is 0. The molecule has 0 fully saturated rings. The van der Waals surface area contributed by atoms with Gasteiger partial charge >= 0.3 is 11.9 Å². The fourth-order valence-electron chi connectivity index (χ4n) is 1.93. The van der Waals surface area contributed by atoms with Crippen LogP contribution in [-0.2, 0) is 23.8 Å². The lowest BCUT2D eigenvalue weighted by molar-refractivity contribution is -0.150. The molecular formula is C17H24O5. The van der Waals surface area contributed by atoms with Crippen LogP contribution in [0.4, 0.5) is 0 Å². The highest BCUT2D eigenvalue weighted by atomic mass is 16.5. The molecular weight excluding hydrogens is 284 g/mol. The van der Waals surface area contributed by atoms with E-state index in [1.807, 2.05) is 13.0 Å². The van der Waals surface area contributed by atoms with E-state index in [9.17, 15) is 9.59 Å². The minimum absolute atomic E-state index is 0.152. The van der Waals surface area contributed by atoms with Crippen LogP contribution < -0.4 is 0 Å². The predicted molar refractivity (Wildman–Crippen MR) is 82.9 cm³/mol. The monoisotopic (exact) mass is 308 g/mol. The second-order valence-electron chi connectivity index (χ2n) is 5.42. The van der Waals surface area contributed by atoms with E-state index in [2.05, 4.69) is 6.58 Å². The van der Waals surface area contributed by atoms with E-state index >= 15 is 0 Å². The standard InChI is InChI=1S/C17H24O5/c1-12-7-5-8-13(2)21-16(18)10-6-9-14(3)22-17(19)11-15(4)20-12/h5-7,10,13-15H,1,8-9,11H2,2-4H3/b7-5+,10-6+/t13-,14-,15-/m0/s1. The van der Waals surface area contributed by atoms with Crippen LogP contribution in [0.2, 0.25) is 0 Å². The number of ether oxygens (including phenoxy) is 3. The molecule has 0 spiro atoms. The van der Waals surface area contributed by atoms with Gasteiger partial charge in [0.25, 0.3) is 0 Å². The molecule has 5 nitrogen and oxygen atoms in total. The lowest BCUT2D eigenvalue weighted by atomic mass is 10.2. The maximum absolute atomic E-state index is 11.7. The fourth-order valence-corrected chi connectivity index (χ4v) is 1.93. The van der Waals surface area contributed by atoms with Crippen LogP contribution in [-0.4, -0.2) is 30.3 Å². The molecule has 5 heteroatoms. The Labute approximate surface area is 131 Å². The summed E-state index contributed by atoms with van der Waals surface area (Å²) in [5.74, 6) is -0.289. The van der Waals surface area contributed by atoms with Crippen molar-refractivity contribution >= 4 is 11.9 Å². The Morgan fingerprint density at radius 3 is 2.18 bits per heavy atom. The lowest BCUT2D eigenvalue weighted by Crippen LogP contribution is -2.20. The molecule has 0 unspecified atom stereocenters.